The number of rotatable bonds is 6. The molecule has 2 aromatic heterocycles. The van der Waals surface area contributed by atoms with Gasteiger partial charge in [0.05, 0.1) is 17.1 Å². The van der Waals surface area contributed by atoms with E-state index in [0.717, 1.165) is 29.4 Å². The predicted molar refractivity (Wildman–Crippen MR) is 78.6 cm³/mol. The number of ketones is 1. The third-order valence-corrected chi connectivity index (χ3v) is 3.85. The van der Waals surface area contributed by atoms with E-state index in [2.05, 4.69) is 16.8 Å². The number of pyridine rings is 1. The average Bonchev–Trinajstić information content (AvgIpc) is 2.92. The Labute approximate surface area is 117 Å². The van der Waals surface area contributed by atoms with Crippen LogP contribution in [0.5, 0.6) is 0 Å². The number of hydrogen-bond donors (Lipinski definition) is 0. The molecule has 0 bridgehead atoms. The number of likely N-dealkylation sites (N-methyl/N-ethyl adjacent to an activating group) is 1. The third kappa shape index (κ3) is 3.98. The van der Waals surface area contributed by atoms with Gasteiger partial charge in [0.25, 0.3) is 0 Å². The number of aryl methyl sites for hydroxylation is 1. The second-order valence-corrected chi connectivity index (χ2v) is 5.42. The summed E-state index contributed by atoms with van der Waals surface area (Å²) in [4.78, 5) is 19.5. The highest BCUT2D eigenvalue weighted by Crippen LogP contribution is 2.11. The summed E-state index contributed by atoms with van der Waals surface area (Å²) in [5, 5.41) is 1.94. The first-order valence-corrected chi connectivity index (χ1v) is 7.28. The molecular weight excluding hydrogens is 256 g/mol. The minimum atomic E-state index is 0.185. The van der Waals surface area contributed by atoms with Crippen molar-refractivity contribution >= 4 is 17.1 Å². The van der Waals surface area contributed by atoms with Crippen LogP contribution in [0, 0.1) is 6.92 Å². The maximum atomic E-state index is 12.1. The Kier molecular flexibility index (Phi) is 4.82. The number of carbonyl (C=O) groups excluding carboxylic acids is 1. The normalized spacial score (nSPS) is 10.9. The smallest absolute Gasteiger partial charge is 0.186 e. The maximum absolute atomic E-state index is 12.1. The summed E-state index contributed by atoms with van der Waals surface area (Å²) in [5.41, 5.74) is 2.03. The molecule has 0 fully saturated rings. The SMILES string of the molecule is CCN(CC(=O)c1cccs1)Cc1cccc(C)n1. The molecule has 0 saturated heterocycles. The van der Waals surface area contributed by atoms with Gasteiger partial charge in [-0.2, -0.15) is 0 Å². The van der Waals surface area contributed by atoms with E-state index in [-0.39, 0.29) is 5.78 Å². The molecule has 0 N–H and O–H groups in total. The summed E-state index contributed by atoms with van der Waals surface area (Å²) < 4.78 is 0. The molecule has 0 amide bonds. The van der Waals surface area contributed by atoms with Crippen molar-refractivity contribution in [2.24, 2.45) is 0 Å². The Bertz CT molecular complexity index is 537. The number of carbonyl (C=O) groups is 1. The van der Waals surface area contributed by atoms with Crippen molar-refractivity contribution in [3.63, 3.8) is 0 Å². The minimum absolute atomic E-state index is 0.185. The number of hydrogen-bond acceptors (Lipinski definition) is 4. The Morgan fingerprint density at radius 3 is 2.79 bits per heavy atom. The minimum Gasteiger partial charge on any atom is -0.292 e. The molecule has 0 aliphatic carbocycles. The molecule has 3 nitrogen and oxygen atoms in total. The van der Waals surface area contributed by atoms with Crippen LogP contribution in [0.1, 0.15) is 28.0 Å². The first-order valence-electron chi connectivity index (χ1n) is 6.40. The molecule has 2 rings (SSSR count). The van der Waals surface area contributed by atoms with E-state index in [9.17, 15) is 4.79 Å². The van der Waals surface area contributed by atoms with Gasteiger partial charge in [0.2, 0.25) is 0 Å². The van der Waals surface area contributed by atoms with E-state index in [0.29, 0.717) is 6.54 Å². The molecule has 2 aromatic rings. The molecule has 19 heavy (non-hydrogen) atoms. The second-order valence-electron chi connectivity index (χ2n) is 4.47. The van der Waals surface area contributed by atoms with Crippen molar-refractivity contribution < 1.29 is 4.79 Å². The Hall–Kier alpha value is -1.52. The van der Waals surface area contributed by atoms with E-state index < -0.39 is 0 Å². The Morgan fingerprint density at radius 2 is 2.16 bits per heavy atom. The zero-order chi connectivity index (χ0) is 13.7. The molecule has 0 saturated carbocycles. The van der Waals surface area contributed by atoms with Crippen LogP contribution in [0.2, 0.25) is 0 Å². The van der Waals surface area contributed by atoms with Crippen LogP contribution in [-0.2, 0) is 6.54 Å². The molecule has 0 radical (unpaired) electrons. The Morgan fingerprint density at radius 1 is 1.32 bits per heavy atom. The average molecular weight is 274 g/mol. The van der Waals surface area contributed by atoms with Crippen LogP contribution in [0.15, 0.2) is 35.7 Å². The molecule has 0 spiro atoms. The summed E-state index contributed by atoms with van der Waals surface area (Å²) in [6.07, 6.45) is 0. The highest BCUT2D eigenvalue weighted by molar-refractivity contribution is 7.12. The van der Waals surface area contributed by atoms with Crippen LogP contribution < -0.4 is 0 Å². The summed E-state index contributed by atoms with van der Waals surface area (Å²) >= 11 is 1.50. The van der Waals surface area contributed by atoms with Gasteiger partial charge in [-0.1, -0.05) is 19.1 Å². The lowest BCUT2D eigenvalue weighted by Crippen LogP contribution is -2.29. The van der Waals surface area contributed by atoms with E-state index in [4.69, 9.17) is 0 Å². The Balaban J connectivity index is 1.99. The molecule has 4 heteroatoms. The zero-order valence-corrected chi connectivity index (χ0v) is 12.1. The molecule has 100 valence electrons. The molecular formula is C15H18N2OS. The van der Waals surface area contributed by atoms with Crippen molar-refractivity contribution in [2.45, 2.75) is 20.4 Å². The summed E-state index contributed by atoms with van der Waals surface area (Å²) in [6.45, 7) is 6.06. The molecule has 0 aliphatic rings. The fourth-order valence-electron chi connectivity index (χ4n) is 1.91. The van der Waals surface area contributed by atoms with Gasteiger partial charge in [-0.3, -0.25) is 14.7 Å². The number of aromatic nitrogens is 1. The van der Waals surface area contributed by atoms with Gasteiger partial charge in [-0.25, -0.2) is 0 Å². The summed E-state index contributed by atoms with van der Waals surface area (Å²) in [7, 11) is 0. The first kappa shape index (κ1) is 13.9. The number of thiophene rings is 1. The van der Waals surface area contributed by atoms with Crippen molar-refractivity contribution in [3.8, 4) is 0 Å². The monoisotopic (exact) mass is 274 g/mol. The van der Waals surface area contributed by atoms with Gasteiger partial charge in [0, 0.05) is 12.2 Å². The van der Waals surface area contributed by atoms with Crippen molar-refractivity contribution in [1.29, 1.82) is 0 Å². The topological polar surface area (TPSA) is 33.2 Å². The first-order chi connectivity index (χ1) is 9.19. The van der Waals surface area contributed by atoms with Gasteiger partial charge >= 0.3 is 0 Å². The van der Waals surface area contributed by atoms with Crippen LogP contribution in [0.25, 0.3) is 0 Å². The van der Waals surface area contributed by atoms with Gasteiger partial charge in [-0.05, 0) is 37.0 Å². The van der Waals surface area contributed by atoms with E-state index in [1.807, 2.05) is 42.6 Å². The highest BCUT2D eigenvalue weighted by atomic mass is 32.1. The number of nitrogens with zero attached hydrogens (tertiary/aromatic N) is 2. The lowest BCUT2D eigenvalue weighted by Gasteiger charge is -2.18. The lowest BCUT2D eigenvalue weighted by molar-refractivity contribution is 0.0933. The van der Waals surface area contributed by atoms with Gasteiger partial charge in [0.15, 0.2) is 5.78 Å². The van der Waals surface area contributed by atoms with Crippen molar-refractivity contribution in [2.75, 3.05) is 13.1 Å². The third-order valence-electron chi connectivity index (χ3n) is 2.94. The van der Waals surface area contributed by atoms with Crippen LogP contribution in [0.4, 0.5) is 0 Å². The standard InChI is InChI=1S/C15H18N2OS/c1-3-17(10-13-7-4-6-12(2)16-13)11-14(18)15-8-5-9-19-15/h4-9H,3,10-11H2,1-2H3. The fraction of sp³-hybridized carbons (Fsp3) is 0.333. The van der Waals surface area contributed by atoms with E-state index in [1.165, 1.54) is 11.3 Å². The highest BCUT2D eigenvalue weighted by Gasteiger charge is 2.12. The van der Waals surface area contributed by atoms with Crippen LogP contribution in [0.3, 0.4) is 0 Å². The largest absolute Gasteiger partial charge is 0.292 e. The molecule has 2 heterocycles. The zero-order valence-electron chi connectivity index (χ0n) is 11.3. The second kappa shape index (κ2) is 6.59. The van der Waals surface area contributed by atoms with Crippen molar-refractivity contribution in [3.05, 3.63) is 52.0 Å². The molecule has 0 aromatic carbocycles. The fourth-order valence-corrected chi connectivity index (χ4v) is 2.57. The predicted octanol–water partition coefficient (Wildman–Crippen LogP) is 3.16. The van der Waals surface area contributed by atoms with Crippen LogP contribution in [-0.4, -0.2) is 28.8 Å². The van der Waals surface area contributed by atoms with E-state index >= 15 is 0 Å². The summed E-state index contributed by atoms with van der Waals surface area (Å²) in [6, 6.07) is 9.79. The molecule has 0 aliphatic heterocycles. The quantitative estimate of drug-likeness (QED) is 0.759. The lowest BCUT2D eigenvalue weighted by atomic mass is 10.2. The van der Waals surface area contributed by atoms with E-state index in [1.54, 1.807) is 0 Å². The van der Waals surface area contributed by atoms with Crippen LogP contribution >= 0.6 is 11.3 Å². The summed E-state index contributed by atoms with van der Waals surface area (Å²) in [5.74, 6) is 0.185. The molecule has 0 atom stereocenters. The van der Waals surface area contributed by atoms with Crippen molar-refractivity contribution in [1.82, 2.24) is 9.88 Å². The van der Waals surface area contributed by atoms with Gasteiger partial charge in [-0.15, -0.1) is 11.3 Å². The maximum Gasteiger partial charge on any atom is 0.186 e. The number of Topliss-reactive ketones (excluding diaryl/α,β-unsaturated/α-hetero) is 1. The van der Waals surface area contributed by atoms with Gasteiger partial charge in [0.1, 0.15) is 0 Å². The van der Waals surface area contributed by atoms with Gasteiger partial charge < -0.3 is 0 Å². The molecule has 0 unspecified atom stereocenters.